The molecule has 0 heterocycles. The summed E-state index contributed by atoms with van der Waals surface area (Å²) in [6, 6.07) is 8.21. The Kier molecular flexibility index (Phi) is 6.21. The lowest BCUT2D eigenvalue weighted by Crippen LogP contribution is -2.42. The highest BCUT2D eigenvalue weighted by Crippen LogP contribution is 2.16. The molecule has 0 spiro atoms. The van der Waals surface area contributed by atoms with Gasteiger partial charge in [-0.25, -0.2) is 0 Å². The van der Waals surface area contributed by atoms with Crippen LogP contribution in [0.4, 0.5) is 0 Å². The van der Waals surface area contributed by atoms with Crippen LogP contribution in [0.5, 0.6) is 5.75 Å². The van der Waals surface area contributed by atoms with E-state index in [1.165, 1.54) is 4.90 Å². The molecule has 1 rings (SSSR count). The minimum absolute atomic E-state index is 0.117. The first-order valence-electron chi connectivity index (χ1n) is 6.62. The van der Waals surface area contributed by atoms with Crippen LogP contribution in [0.25, 0.3) is 0 Å². The average molecular weight is 290 g/mol. The molecule has 0 fully saturated rings. The molecule has 1 aromatic rings. The Hall–Kier alpha value is -2.55. The number of hydrogen-bond donors (Lipinski definition) is 1. The van der Waals surface area contributed by atoms with E-state index < -0.39 is 12.0 Å². The highest BCUT2D eigenvalue weighted by Gasteiger charge is 2.21. The highest BCUT2D eigenvalue weighted by atomic mass is 16.5. The molecule has 1 N–H and O–H groups in total. The van der Waals surface area contributed by atoms with Crippen molar-refractivity contribution in [2.45, 2.75) is 26.3 Å². The van der Waals surface area contributed by atoms with Crippen molar-refractivity contribution in [2.24, 2.45) is 0 Å². The van der Waals surface area contributed by atoms with E-state index in [0.29, 0.717) is 17.9 Å². The van der Waals surface area contributed by atoms with Crippen LogP contribution in [-0.4, -0.2) is 41.1 Å². The van der Waals surface area contributed by atoms with Crippen molar-refractivity contribution in [3.63, 3.8) is 0 Å². The van der Waals surface area contributed by atoms with Gasteiger partial charge in [-0.05, 0) is 26.0 Å². The fourth-order valence-corrected chi connectivity index (χ4v) is 2.00. The molecule has 1 amide bonds. The second-order valence-corrected chi connectivity index (χ2v) is 4.52. The number of carbonyl (C=O) groups excluding carboxylic acids is 1. The van der Waals surface area contributed by atoms with E-state index in [9.17, 15) is 9.59 Å². The molecule has 0 aliphatic carbocycles. The van der Waals surface area contributed by atoms with Gasteiger partial charge in [0, 0.05) is 12.6 Å². The van der Waals surface area contributed by atoms with Gasteiger partial charge in [0.1, 0.15) is 11.8 Å². The van der Waals surface area contributed by atoms with Gasteiger partial charge in [-0.15, -0.1) is 0 Å². The Labute approximate surface area is 123 Å². The van der Waals surface area contributed by atoms with Gasteiger partial charge in [-0.3, -0.25) is 9.59 Å². The van der Waals surface area contributed by atoms with Crippen molar-refractivity contribution < 1.29 is 19.4 Å². The van der Waals surface area contributed by atoms with E-state index >= 15 is 0 Å². The lowest BCUT2D eigenvalue weighted by atomic mass is 10.2. The number of nitriles is 1. The molecule has 112 valence electrons. The van der Waals surface area contributed by atoms with Crippen LogP contribution < -0.4 is 4.74 Å². The number of carboxylic acids is 1. The molecule has 21 heavy (non-hydrogen) atoms. The van der Waals surface area contributed by atoms with Gasteiger partial charge in [0.05, 0.1) is 12.0 Å². The number of ether oxygens (including phenoxy) is 1. The maximum absolute atomic E-state index is 12.1. The molecule has 0 saturated heterocycles. The number of para-hydroxylation sites is 1. The van der Waals surface area contributed by atoms with Crippen molar-refractivity contribution in [3.05, 3.63) is 29.8 Å². The van der Waals surface area contributed by atoms with Gasteiger partial charge in [0.2, 0.25) is 0 Å². The monoisotopic (exact) mass is 290 g/mol. The van der Waals surface area contributed by atoms with Crippen LogP contribution in [0.1, 0.15) is 25.8 Å². The second-order valence-electron chi connectivity index (χ2n) is 4.52. The molecule has 1 atom stereocenters. The summed E-state index contributed by atoms with van der Waals surface area (Å²) in [7, 11) is 0. The number of aliphatic carboxylic acids is 1. The number of rotatable bonds is 7. The van der Waals surface area contributed by atoms with Crippen LogP contribution in [0.2, 0.25) is 0 Å². The summed E-state index contributed by atoms with van der Waals surface area (Å²) >= 11 is 0. The van der Waals surface area contributed by atoms with E-state index in [1.807, 2.05) is 6.07 Å². The molecule has 0 radical (unpaired) electrons. The fourth-order valence-electron chi connectivity index (χ4n) is 2.00. The summed E-state index contributed by atoms with van der Waals surface area (Å²) in [5, 5.41) is 17.7. The molecule has 0 aliphatic heterocycles. The third-order valence-corrected chi connectivity index (χ3v) is 3.02. The van der Waals surface area contributed by atoms with Crippen molar-refractivity contribution in [1.29, 1.82) is 5.26 Å². The zero-order valence-electron chi connectivity index (χ0n) is 12.1. The number of nitrogens with zero attached hydrogens (tertiary/aromatic N) is 2. The predicted octanol–water partition coefficient (Wildman–Crippen LogP) is 1.65. The Balaban J connectivity index is 2.67. The zero-order chi connectivity index (χ0) is 15.8. The Morgan fingerprint density at radius 2 is 2.10 bits per heavy atom. The summed E-state index contributed by atoms with van der Waals surface area (Å²) in [5.74, 6) is -0.918. The Morgan fingerprint density at radius 3 is 2.67 bits per heavy atom. The molecule has 0 aromatic heterocycles. The van der Waals surface area contributed by atoms with Crippen LogP contribution in [0, 0.1) is 11.3 Å². The van der Waals surface area contributed by atoms with Gasteiger partial charge < -0.3 is 14.7 Å². The summed E-state index contributed by atoms with van der Waals surface area (Å²) in [4.78, 5) is 24.3. The molecule has 0 bridgehead atoms. The lowest BCUT2D eigenvalue weighted by molar-refractivity contribution is -0.141. The van der Waals surface area contributed by atoms with E-state index in [-0.39, 0.29) is 18.9 Å². The highest BCUT2D eigenvalue weighted by molar-refractivity contribution is 5.79. The third kappa shape index (κ3) is 4.80. The molecule has 0 aliphatic rings. The van der Waals surface area contributed by atoms with E-state index in [1.54, 1.807) is 38.1 Å². The van der Waals surface area contributed by atoms with Gasteiger partial charge in [0.15, 0.2) is 6.61 Å². The molecule has 6 nitrogen and oxygen atoms in total. The maximum atomic E-state index is 12.1. The predicted molar refractivity (Wildman–Crippen MR) is 75.8 cm³/mol. The summed E-state index contributed by atoms with van der Waals surface area (Å²) in [5.41, 5.74) is 0.354. The largest absolute Gasteiger partial charge is 0.482 e. The van der Waals surface area contributed by atoms with Gasteiger partial charge in [-0.2, -0.15) is 5.26 Å². The first-order valence-corrected chi connectivity index (χ1v) is 6.62. The number of hydrogen-bond acceptors (Lipinski definition) is 4. The topological polar surface area (TPSA) is 90.6 Å². The van der Waals surface area contributed by atoms with Crippen LogP contribution in [0.15, 0.2) is 24.3 Å². The van der Waals surface area contributed by atoms with E-state index in [4.69, 9.17) is 15.1 Å². The van der Waals surface area contributed by atoms with Crippen molar-refractivity contribution in [2.75, 3.05) is 13.2 Å². The zero-order valence-corrected chi connectivity index (χ0v) is 12.1. The molecule has 1 aromatic carbocycles. The molecule has 0 saturated carbocycles. The van der Waals surface area contributed by atoms with Crippen LogP contribution in [-0.2, 0) is 9.59 Å². The second kappa shape index (κ2) is 7.90. The van der Waals surface area contributed by atoms with Crippen LogP contribution >= 0.6 is 0 Å². The SMILES string of the molecule is CCN(C(=O)COc1ccccc1C#N)C(C)CC(=O)O. The van der Waals surface area contributed by atoms with Gasteiger partial charge in [0.25, 0.3) is 5.91 Å². The number of likely N-dealkylation sites (N-methyl/N-ethyl adjacent to an activating group) is 1. The minimum atomic E-state index is -0.954. The van der Waals surface area contributed by atoms with Crippen molar-refractivity contribution in [1.82, 2.24) is 4.90 Å². The molecule has 1 unspecified atom stereocenters. The van der Waals surface area contributed by atoms with Crippen molar-refractivity contribution >= 4 is 11.9 Å². The normalized spacial score (nSPS) is 11.3. The quantitative estimate of drug-likeness (QED) is 0.824. The van der Waals surface area contributed by atoms with Gasteiger partial charge in [-0.1, -0.05) is 12.1 Å². The summed E-state index contributed by atoms with van der Waals surface area (Å²) in [6.07, 6.45) is -0.117. The minimum Gasteiger partial charge on any atom is -0.482 e. The van der Waals surface area contributed by atoms with Gasteiger partial charge >= 0.3 is 5.97 Å². The number of amides is 1. The molecule has 6 heteroatoms. The number of carboxylic acid groups (broad SMARTS) is 1. The van der Waals surface area contributed by atoms with E-state index in [0.717, 1.165) is 0 Å². The Morgan fingerprint density at radius 1 is 1.43 bits per heavy atom. The number of benzene rings is 1. The lowest BCUT2D eigenvalue weighted by Gasteiger charge is -2.27. The maximum Gasteiger partial charge on any atom is 0.305 e. The fraction of sp³-hybridized carbons (Fsp3) is 0.400. The smallest absolute Gasteiger partial charge is 0.305 e. The third-order valence-electron chi connectivity index (χ3n) is 3.02. The molecular weight excluding hydrogens is 272 g/mol. The number of carbonyl (C=O) groups is 2. The standard InChI is InChI=1S/C15H18N2O4/c1-3-17(11(2)8-15(19)20)14(18)10-21-13-7-5-4-6-12(13)9-16/h4-7,11H,3,8,10H2,1-2H3,(H,19,20). The first-order chi connectivity index (χ1) is 9.99. The van der Waals surface area contributed by atoms with Crippen molar-refractivity contribution in [3.8, 4) is 11.8 Å². The first kappa shape index (κ1) is 16.5. The summed E-state index contributed by atoms with van der Waals surface area (Å²) in [6.45, 7) is 3.63. The average Bonchev–Trinajstić information content (AvgIpc) is 2.45. The summed E-state index contributed by atoms with van der Waals surface area (Å²) < 4.78 is 5.37. The Bertz CT molecular complexity index is 551. The molecular formula is C15H18N2O4. The van der Waals surface area contributed by atoms with E-state index in [2.05, 4.69) is 0 Å². The van der Waals surface area contributed by atoms with Crippen LogP contribution in [0.3, 0.4) is 0 Å².